The van der Waals surface area contributed by atoms with Crippen LogP contribution in [0.1, 0.15) is 22.9 Å². The quantitative estimate of drug-likeness (QED) is 0.678. The molecule has 7 nitrogen and oxygen atoms in total. The highest BCUT2D eigenvalue weighted by molar-refractivity contribution is 6.30. The Hall–Kier alpha value is -2.35. The van der Waals surface area contributed by atoms with Crippen LogP contribution in [0.25, 0.3) is 5.65 Å². The van der Waals surface area contributed by atoms with Crippen LogP contribution in [0.3, 0.4) is 0 Å². The SMILES string of the molecule is Cc1nc2cc[nH]n2c(=O)c1CC(=O)N1CCNCC1c1cccc(Cl)c1.Cl. The van der Waals surface area contributed by atoms with Crippen molar-refractivity contribution in [1.29, 1.82) is 0 Å². The van der Waals surface area contributed by atoms with Gasteiger partial charge in [0.05, 0.1) is 12.5 Å². The van der Waals surface area contributed by atoms with Crippen molar-refractivity contribution in [3.8, 4) is 0 Å². The molecule has 1 atom stereocenters. The first-order chi connectivity index (χ1) is 13.0. The van der Waals surface area contributed by atoms with E-state index in [1.165, 1.54) is 4.52 Å². The maximum atomic E-state index is 13.1. The van der Waals surface area contributed by atoms with Gasteiger partial charge >= 0.3 is 0 Å². The van der Waals surface area contributed by atoms with Crippen LogP contribution in [-0.2, 0) is 11.2 Å². The van der Waals surface area contributed by atoms with Gasteiger partial charge in [-0.05, 0) is 24.6 Å². The van der Waals surface area contributed by atoms with Crippen LogP contribution in [-0.4, -0.2) is 45.0 Å². The van der Waals surface area contributed by atoms with E-state index in [-0.39, 0.29) is 36.3 Å². The zero-order valence-corrected chi connectivity index (χ0v) is 16.9. The third kappa shape index (κ3) is 3.78. The van der Waals surface area contributed by atoms with Crippen molar-refractivity contribution >= 4 is 35.6 Å². The number of aryl methyl sites for hydroxylation is 1. The highest BCUT2D eigenvalue weighted by Crippen LogP contribution is 2.25. The second-order valence-electron chi connectivity index (χ2n) is 6.68. The van der Waals surface area contributed by atoms with Crippen LogP contribution in [0.5, 0.6) is 0 Å². The zero-order chi connectivity index (χ0) is 19.0. The summed E-state index contributed by atoms with van der Waals surface area (Å²) in [6, 6.07) is 9.16. The van der Waals surface area contributed by atoms with Crippen molar-refractivity contribution < 1.29 is 4.79 Å². The molecule has 1 unspecified atom stereocenters. The zero-order valence-electron chi connectivity index (χ0n) is 15.3. The van der Waals surface area contributed by atoms with Gasteiger partial charge in [-0.2, -0.15) is 0 Å². The first-order valence-corrected chi connectivity index (χ1v) is 9.23. The minimum Gasteiger partial charge on any atom is -0.333 e. The minimum absolute atomic E-state index is 0. The number of aromatic amines is 1. The fraction of sp³-hybridized carbons (Fsp3) is 0.316. The van der Waals surface area contributed by atoms with Gasteiger partial charge in [0.25, 0.3) is 5.56 Å². The van der Waals surface area contributed by atoms with Crippen molar-refractivity contribution in [3.05, 3.63) is 68.7 Å². The van der Waals surface area contributed by atoms with Crippen LogP contribution in [0.15, 0.2) is 41.3 Å². The van der Waals surface area contributed by atoms with Crippen molar-refractivity contribution in [2.45, 2.75) is 19.4 Å². The topological polar surface area (TPSA) is 82.5 Å². The summed E-state index contributed by atoms with van der Waals surface area (Å²) in [5.41, 5.74) is 2.30. The van der Waals surface area contributed by atoms with Gasteiger partial charge in [0.2, 0.25) is 5.91 Å². The molecule has 1 aliphatic rings. The summed E-state index contributed by atoms with van der Waals surface area (Å²) in [7, 11) is 0. The maximum Gasteiger partial charge on any atom is 0.276 e. The van der Waals surface area contributed by atoms with Crippen LogP contribution in [0, 0.1) is 6.92 Å². The Labute approximate surface area is 173 Å². The van der Waals surface area contributed by atoms with Crippen molar-refractivity contribution in [1.82, 2.24) is 24.8 Å². The average molecular weight is 422 g/mol. The summed E-state index contributed by atoms with van der Waals surface area (Å²) in [4.78, 5) is 32.0. The average Bonchev–Trinajstić information content (AvgIpc) is 3.13. The fourth-order valence-electron chi connectivity index (χ4n) is 3.58. The number of nitrogens with one attached hydrogen (secondary N) is 2. The Bertz CT molecular complexity index is 1060. The van der Waals surface area contributed by atoms with Gasteiger partial charge in [-0.3, -0.25) is 14.7 Å². The van der Waals surface area contributed by atoms with E-state index in [0.717, 1.165) is 5.56 Å². The molecule has 1 aliphatic heterocycles. The second-order valence-corrected chi connectivity index (χ2v) is 7.11. The molecule has 0 saturated carbocycles. The van der Waals surface area contributed by atoms with E-state index in [1.807, 2.05) is 29.2 Å². The predicted molar refractivity (Wildman–Crippen MR) is 110 cm³/mol. The lowest BCUT2D eigenvalue weighted by Gasteiger charge is -2.36. The summed E-state index contributed by atoms with van der Waals surface area (Å²) in [6.07, 6.45) is 1.68. The van der Waals surface area contributed by atoms with E-state index >= 15 is 0 Å². The van der Waals surface area contributed by atoms with Gasteiger partial charge in [0.1, 0.15) is 0 Å². The molecule has 9 heteroatoms. The normalized spacial score (nSPS) is 16.8. The molecular weight excluding hydrogens is 401 g/mol. The Morgan fingerprint density at radius 1 is 1.36 bits per heavy atom. The molecule has 0 aliphatic carbocycles. The molecule has 1 aromatic carbocycles. The summed E-state index contributed by atoms with van der Waals surface area (Å²) in [5.74, 6) is -0.0880. The Morgan fingerprint density at radius 2 is 2.18 bits per heavy atom. The molecule has 0 radical (unpaired) electrons. The molecule has 1 amide bonds. The minimum atomic E-state index is -0.231. The molecule has 4 rings (SSSR count). The van der Waals surface area contributed by atoms with E-state index in [4.69, 9.17) is 11.6 Å². The number of rotatable bonds is 3. The lowest BCUT2D eigenvalue weighted by Crippen LogP contribution is -2.49. The molecule has 2 N–H and O–H groups in total. The van der Waals surface area contributed by atoms with Gasteiger partial charge in [-0.25, -0.2) is 9.50 Å². The van der Waals surface area contributed by atoms with Crippen molar-refractivity contribution in [2.75, 3.05) is 19.6 Å². The number of nitrogens with zero attached hydrogens (tertiary/aromatic N) is 3. The molecule has 0 bridgehead atoms. The van der Waals surface area contributed by atoms with Crippen LogP contribution in [0.4, 0.5) is 0 Å². The van der Waals surface area contributed by atoms with Gasteiger partial charge in [0.15, 0.2) is 5.65 Å². The van der Waals surface area contributed by atoms with Gasteiger partial charge in [-0.1, -0.05) is 23.7 Å². The van der Waals surface area contributed by atoms with E-state index in [9.17, 15) is 9.59 Å². The summed E-state index contributed by atoms with van der Waals surface area (Å²) in [5, 5.41) is 6.81. The predicted octanol–water partition coefficient (Wildman–Crippen LogP) is 2.12. The van der Waals surface area contributed by atoms with Gasteiger partial charge in [0, 0.05) is 48.2 Å². The number of amides is 1. The first kappa shape index (κ1) is 20.4. The largest absolute Gasteiger partial charge is 0.333 e. The molecule has 148 valence electrons. The van der Waals surface area contributed by atoms with Gasteiger partial charge in [-0.15, -0.1) is 12.4 Å². The molecular formula is C19H21Cl2N5O2. The smallest absolute Gasteiger partial charge is 0.276 e. The number of H-pyrrole nitrogens is 1. The maximum absolute atomic E-state index is 13.1. The lowest BCUT2D eigenvalue weighted by molar-refractivity contribution is -0.133. The Morgan fingerprint density at radius 3 is 2.96 bits per heavy atom. The molecule has 2 aromatic heterocycles. The molecule has 28 heavy (non-hydrogen) atoms. The number of carbonyl (C=O) groups is 1. The number of benzene rings is 1. The number of hydrogen-bond donors (Lipinski definition) is 2. The molecule has 1 saturated heterocycles. The molecule has 3 aromatic rings. The summed E-state index contributed by atoms with van der Waals surface area (Å²) >= 11 is 6.13. The lowest BCUT2D eigenvalue weighted by atomic mass is 10.0. The molecule has 3 heterocycles. The van der Waals surface area contributed by atoms with E-state index in [2.05, 4.69) is 15.4 Å². The number of piperazine rings is 1. The highest BCUT2D eigenvalue weighted by atomic mass is 35.5. The Kier molecular flexibility index (Phi) is 6.07. The third-order valence-electron chi connectivity index (χ3n) is 4.97. The van der Waals surface area contributed by atoms with E-state index < -0.39 is 0 Å². The number of aromatic nitrogens is 3. The van der Waals surface area contributed by atoms with E-state index in [1.54, 1.807) is 19.2 Å². The number of hydrogen-bond acceptors (Lipinski definition) is 4. The first-order valence-electron chi connectivity index (χ1n) is 8.86. The molecule has 1 fully saturated rings. The summed E-state index contributed by atoms with van der Waals surface area (Å²) in [6.45, 7) is 3.71. The third-order valence-corrected chi connectivity index (χ3v) is 5.21. The van der Waals surface area contributed by atoms with E-state index in [0.29, 0.717) is 41.6 Å². The molecule has 0 spiro atoms. The van der Waals surface area contributed by atoms with Crippen molar-refractivity contribution in [3.63, 3.8) is 0 Å². The number of carbonyl (C=O) groups excluding carboxylic acids is 1. The standard InChI is InChI=1S/C19H20ClN5O2.ClH/c1-12-15(19(27)25-17(23-12)5-6-22-25)10-18(26)24-8-7-21-11-16(24)13-3-2-4-14(20)9-13;/h2-6,9,16,21-22H,7-8,10-11H2,1H3;1H. The van der Waals surface area contributed by atoms with Gasteiger partial charge < -0.3 is 10.2 Å². The highest BCUT2D eigenvalue weighted by Gasteiger charge is 2.29. The van der Waals surface area contributed by atoms with Crippen molar-refractivity contribution in [2.24, 2.45) is 0 Å². The van der Waals surface area contributed by atoms with Crippen LogP contribution in [0.2, 0.25) is 5.02 Å². The fourth-order valence-corrected chi connectivity index (χ4v) is 3.78. The number of fused-ring (bicyclic) bond motifs is 1. The van der Waals surface area contributed by atoms with Crippen LogP contribution >= 0.6 is 24.0 Å². The summed E-state index contributed by atoms with van der Waals surface area (Å²) < 4.78 is 1.36. The van der Waals surface area contributed by atoms with Crippen LogP contribution < -0.4 is 10.9 Å². The monoisotopic (exact) mass is 421 g/mol. The number of halogens is 2. The second kappa shape index (κ2) is 8.34. The Balaban J connectivity index is 0.00000225.